The van der Waals surface area contributed by atoms with Gasteiger partial charge in [0, 0.05) is 17.9 Å². The number of carbonyl (C=O) groups is 1. The van der Waals surface area contributed by atoms with Gasteiger partial charge in [-0.2, -0.15) is 0 Å². The quantitative estimate of drug-likeness (QED) is 0.613. The number of alkyl halides is 2. The fourth-order valence-electron chi connectivity index (χ4n) is 1.08. The van der Waals surface area contributed by atoms with Gasteiger partial charge in [0.2, 0.25) is 6.86 Å². The molecule has 5 heteroatoms. The zero-order valence-corrected chi connectivity index (χ0v) is 10.1. The Balaban J connectivity index is 2.86. The average molecular weight is 296 g/mol. The lowest BCUT2D eigenvalue weighted by atomic mass is 10.1. The second kappa shape index (κ2) is 6.08. The maximum Gasteiger partial charge on any atom is 0.228 e. The van der Waals surface area contributed by atoms with Gasteiger partial charge >= 0.3 is 0 Å². The van der Waals surface area contributed by atoms with Crippen molar-refractivity contribution >= 4 is 33.3 Å². The molecule has 15 heavy (non-hydrogen) atoms. The lowest BCUT2D eigenvalue weighted by Crippen LogP contribution is -2.00. The Bertz CT molecular complexity index is 357. The van der Waals surface area contributed by atoms with Crippen molar-refractivity contribution in [2.24, 2.45) is 0 Å². The van der Waals surface area contributed by atoms with Crippen molar-refractivity contribution in [3.05, 3.63) is 28.2 Å². The molecule has 0 fully saturated rings. The Labute approximate surface area is 101 Å². The summed E-state index contributed by atoms with van der Waals surface area (Å²) >= 11 is 8.65. The summed E-state index contributed by atoms with van der Waals surface area (Å²) in [6.07, 6.45) is 0.289. The van der Waals surface area contributed by atoms with Crippen molar-refractivity contribution in [1.82, 2.24) is 0 Å². The number of halogens is 3. The number of benzene rings is 1. The van der Waals surface area contributed by atoms with E-state index in [1.807, 2.05) is 0 Å². The molecule has 2 nitrogen and oxygen atoms in total. The molecule has 0 aromatic heterocycles. The average Bonchev–Trinajstić information content (AvgIpc) is 2.21. The van der Waals surface area contributed by atoms with Crippen LogP contribution in [0.15, 0.2) is 22.7 Å². The summed E-state index contributed by atoms with van der Waals surface area (Å²) in [6.45, 7) is -0.895. The largest absolute Gasteiger partial charge is 0.462 e. The monoisotopic (exact) mass is 294 g/mol. The Morgan fingerprint density at radius 3 is 2.80 bits per heavy atom. The molecule has 0 saturated carbocycles. The van der Waals surface area contributed by atoms with E-state index in [0.29, 0.717) is 21.7 Å². The second-order valence-corrected chi connectivity index (χ2v) is 3.99. The first kappa shape index (κ1) is 12.5. The third-order valence-corrected chi connectivity index (χ3v) is 2.59. The normalized spacial score (nSPS) is 10.1. The number of hydrogen-bond acceptors (Lipinski definition) is 2. The van der Waals surface area contributed by atoms with E-state index in [4.69, 9.17) is 11.6 Å². The van der Waals surface area contributed by atoms with E-state index in [1.165, 1.54) is 0 Å². The highest BCUT2D eigenvalue weighted by Crippen LogP contribution is 2.26. The number of ether oxygens (including phenoxy) is 1. The minimum absolute atomic E-state index is 0.0440. The van der Waals surface area contributed by atoms with E-state index in [-0.39, 0.29) is 12.2 Å². The number of carbonyl (C=O) groups excluding carboxylic acids is 1. The third kappa shape index (κ3) is 3.47. The fourth-order valence-corrected chi connectivity index (χ4v) is 1.75. The minimum atomic E-state index is -0.895. The fraction of sp³-hybridized carbons (Fsp3) is 0.300. The summed E-state index contributed by atoms with van der Waals surface area (Å²) in [5.41, 5.74) is 0.536. The molecular weight excluding hydrogens is 286 g/mol. The summed E-state index contributed by atoms with van der Waals surface area (Å²) in [5.74, 6) is 0.622. The standard InChI is InChI=1S/C10H9BrClFO2/c11-8-5-7(9(14)3-4-12)1-2-10(8)15-6-13/h1-2,5H,3-4,6H2. The van der Waals surface area contributed by atoms with Crippen LogP contribution in [-0.4, -0.2) is 18.5 Å². The van der Waals surface area contributed by atoms with Crippen LogP contribution in [0.5, 0.6) is 5.75 Å². The van der Waals surface area contributed by atoms with Gasteiger partial charge < -0.3 is 4.74 Å². The Morgan fingerprint density at radius 1 is 1.53 bits per heavy atom. The minimum Gasteiger partial charge on any atom is -0.462 e. The van der Waals surface area contributed by atoms with Crippen LogP contribution in [0.3, 0.4) is 0 Å². The highest BCUT2D eigenvalue weighted by molar-refractivity contribution is 9.10. The first-order chi connectivity index (χ1) is 7.19. The number of rotatable bonds is 5. The third-order valence-electron chi connectivity index (χ3n) is 1.79. The van der Waals surface area contributed by atoms with Crippen molar-refractivity contribution in [2.75, 3.05) is 12.7 Å². The van der Waals surface area contributed by atoms with Gasteiger partial charge in [-0.05, 0) is 34.1 Å². The molecule has 0 amide bonds. The van der Waals surface area contributed by atoms with Crippen LogP contribution in [-0.2, 0) is 0 Å². The van der Waals surface area contributed by atoms with Gasteiger partial charge in [-0.25, -0.2) is 4.39 Å². The van der Waals surface area contributed by atoms with E-state index in [2.05, 4.69) is 20.7 Å². The zero-order valence-electron chi connectivity index (χ0n) is 7.80. The molecule has 1 rings (SSSR count). The van der Waals surface area contributed by atoms with Crippen molar-refractivity contribution in [3.63, 3.8) is 0 Å². The molecule has 0 N–H and O–H groups in total. The van der Waals surface area contributed by atoms with E-state index in [0.717, 1.165) is 0 Å². The van der Waals surface area contributed by atoms with Crippen LogP contribution >= 0.6 is 27.5 Å². The molecule has 1 aromatic carbocycles. The molecule has 0 atom stereocenters. The van der Waals surface area contributed by atoms with Gasteiger partial charge in [0.15, 0.2) is 5.78 Å². The topological polar surface area (TPSA) is 26.3 Å². The van der Waals surface area contributed by atoms with Crippen molar-refractivity contribution in [3.8, 4) is 5.75 Å². The van der Waals surface area contributed by atoms with E-state index < -0.39 is 6.86 Å². The predicted molar refractivity (Wildman–Crippen MR) is 60.4 cm³/mol. The maximum atomic E-state index is 11.9. The van der Waals surface area contributed by atoms with Crippen LogP contribution in [0.25, 0.3) is 0 Å². The Kier molecular flexibility index (Phi) is 5.05. The second-order valence-electron chi connectivity index (χ2n) is 2.76. The van der Waals surface area contributed by atoms with Crippen molar-refractivity contribution in [2.45, 2.75) is 6.42 Å². The molecule has 82 valence electrons. The van der Waals surface area contributed by atoms with Crippen LogP contribution in [0.2, 0.25) is 0 Å². The molecule has 0 aliphatic heterocycles. The molecule has 0 unspecified atom stereocenters. The summed E-state index contributed by atoms with van der Waals surface area (Å²) in [4.78, 5) is 11.4. The highest BCUT2D eigenvalue weighted by atomic mass is 79.9. The summed E-state index contributed by atoms with van der Waals surface area (Å²) < 4.78 is 17.1. The predicted octanol–water partition coefficient (Wildman–Crippen LogP) is 3.57. The first-order valence-corrected chi connectivity index (χ1v) is 5.59. The number of hydrogen-bond donors (Lipinski definition) is 0. The maximum absolute atomic E-state index is 11.9. The first-order valence-electron chi connectivity index (χ1n) is 4.26. The molecule has 0 bridgehead atoms. The lowest BCUT2D eigenvalue weighted by Gasteiger charge is -2.05. The van der Waals surface area contributed by atoms with Gasteiger partial charge in [0.25, 0.3) is 0 Å². The molecule has 0 aliphatic rings. The van der Waals surface area contributed by atoms with E-state index >= 15 is 0 Å². The smallest absolute Gasteiger partial charge is 0.228 e. The molecule has 0 aliphatic carbocycles. The molecule has 0 heterocycles. The van der Waals surface area contributed by atoms with Gasteiger partial charge in [0.05, 0.1) is 4.47 Å². The van der Waals surface area contributed by atoms with Crippen LogP contribution in [0, 0.1) is 0 Å². The molecule has 1 aromatic rings. The van der Waals surface area contributed by atoms with Crippen molar-refractivity contribution < 1.29 is 13.9 Å². The zero-order chi connectivity index (χ0) is 11.3. The van der Waals surface area contributed by atoms with Gasteiger partial charge in [-0.1, -0.05) is 0 Å². The Hall–Kier alpha value is -0.610. The lowest BCUT2D eigenvalue weighted by molar-refractivity contribution is 0.0989. The van der Waals surface area contributed by atoms with Gasteiger partial charge in [-0.3, -0.25) is 4.79 Å². The molecule has 0 radical (unpaired) electrons. The SMILES string of the molecule is O=C(CCCl)c1ccc(OCF)c(Br)c1. The van der Waals surface area contributed by atoms with Crippen molar-refractivity contribution in [1.29, 1.82) is 0 Å². The molecule has 0 spiro atoms. The number of Topliss-reactive ketones (excluding diaryl/α,β-unsaturated/α-hetero) is 1. The molecular formula is C10H9BrClFO2. The van der Waals surface area contributed by atoms with Gasteiger partial charge in [0.1, 0.15) is 5.75 Å². The van der Waals surface area contributed by atoms with E-state index in [1.54, 1.807) is 18.2 Å². The van der Waals surface area contributed by atoms with Crippen LogP contribution in [0.1, 0.15) is 16.8 Å². The molecule has 0 saturated heterocycles. The van der Waals surface area contributed by atoms with Gasteiger partial charge in [-0.15, -0.1) is 11.6 Å². The Morgan fingerprint density at radius 2 is 2.27 bits per heavy atom. The summed E-state index contributed by atoms with van der Waals surface area (Å²) in [7, 11) is 0. The highest BCUT2D eigenvalue weighted by Gasteiger charge is 2.08. The van der Waals surface area contributed by atoms with Crippen LogP contribution < -0.4 is 4.74 Å². The summed E-state index contributed by atoms with van der Waals surface area (Å²) in [6, 6.07) is 4.73. The summed E-state index contributed by atoms with van der Waals surface area (Å²) in [5, 5.41) is 0. The van der Waals surface area contributed by atoms with E-state index in [9.17, 15) is 9.18 Å². The number of ketones is 1. The van der Waals surface area contributed by atoms with Crippen LogP contribution in [0.4, 0.5) is 4.39 Å².